The Morgan fingerprint density at radius 1 is 1.38 bits per heavy atom. The molecule has 0 aliphatic carbocycles. The number of carbonyl (C=O) groups is 1. The number of halogens is 1. The first kappa shape index (κ1) is 17.2. The van der Waals surface area contributed by atoms with Crippen LogP contribution in [0.1, 0.15) is 31.1 Å². The van der Waals surface area contributed by atoms with Gasteiger partial charge in [-0.2, -0.15) is 0 Å². The summed E-state index contributed by atoms with van der Waals surface area (Å²) in [7, 11) is 1.43. The average Bonchev–Trinajstić information content (AvgIpc) is 2.42. The molecule has 0 radical (unpaired) electrons. The summed E-state index contributed by atoms with van der Waals surface area (Å²) in [6.45, 7) is 6.66. The molecule has 0 saturated heterocycles. The molecule has 0 spiro atoms. The minimum atomic E-state index is -0.623. The van der Waals surface area contributed by atoms with Crippen molar-refractivity contribution < 1.29 is 19.0 Å². The van der Waals surface area contributed by atoms with Gasteiger partial charge >= 0.3 is 0 Å². The topological polar surface area (TPSA) is 70.6 Å². The highest BCUT2D eigenvalue weighted by atomic mass is 19.1. The number of ether oxygens (including phenoxy) is 1. The van der Waals surface area contributed by atoms with Gasteiger partial charge in [0, 0.05) is 19.7 Å². The van der Waals surface area contributed by atoms with Crippen LogP contribution in [0, 0.1) is 11.2 Å². The number of nitrogens with one attached hydrogen (secondary N) is 2. The van der Waals surface area contributed by atoms with E-state index >= 15 is 0 Å². The van der Waals surface area contributed by atoms with Gasteiger partial charge in [-0.3, -0.25) is 4.79 Å². The Balaban J connectivity index is 3.09. The third-order valence-corrected chi connectivity index (χ3v) is 2.70. The van der Waals surface area contributed by atoms with Gasteiger partial charge in [0.15, 0.2) is 0 Å². The minimum Gasteiger partial charge on any atom is -0.489 e. The Hall–Kier alpha value is -1.82. The molecule has 0 atom stereocenters. The summed E-state index contributed by atoms with van der Waals surface area (Å²) in [5, 5.41) is 14.3. The number of hydrogen-bond donors (Lipinski definition) is 3. The van der Waals surface area contributed by atoms with Crippen molar-refractivity contribution in [3.05, 3.63) is 23.5 Å². The minimum absolute atomic E-state index is 0.00416. The van der Waals surface area contributed by atoms with Gasteiger partial charge in [0.25, 0.3) is 5.91 Å². The zero-order valence-corrected chi connectivity index (χ0v) is 12.9. The Morgan fingerprint density at radius 2 is 2.05 bits per heavy atom. The summed E-state index contributed by atoms with van der Waals surface area (Å²) in [5.41, 5.74) is 0.375. The number of benzene rings is 1. The maximum Gasteiger partial charge on any atom is 0.254 e. The summed E-state index contributed by atoms with van der Waals surface area (Å²) >= 11 is 0. The molecule has 0 saturated carbocycles. The molecule has 1 amide bonds. The molecule has 0 aromatic heterocycles. The molecule has 21 heavy (non-hydrogen) atoms. The molecule has 1 rings (SSSR count). The second-order valence-corrected chi connectivity index (χ2v) is 5.89. The number of anilines is 1. The van der Waals surface area contributed by atoms with Crippen LogP contribution < -0.4 is 15.4 Å². The Bertz CT molecular complexity index is 498. The molecule has 118 valence electrons. The van der Waals surface area contributed by atoms with E-state index in [4.69, 9.17) is 9.84 Å². The average molecular weight is 298 g/mol. The fraction of sp³-hybridized carbons (Fsp3) is 0.533. The molecule has 0 bridgehead atoms. The van der Waals surface area contributed by atoms with Crippen LogP contribution in [0.3, 0.4) is 0 Å². The number of aliphatic hydroxyl groups is 1. The third-order valence-electron chi connectivity index (χ3n) is 2.70. The molecular weight excluding hydrogens is 275 g/mol. The number of carbonyl (C=O) groups excluding carboxylic acids is 1. The van der Waals surface area contributed by atoms with Gasteiger partial charge in [-0.25, -0.2) is 4.39 Å². The Kier molecular flexibility index (Phi) is 5.96. The van der Waals surface area contributed by atoms with Crippen molar-refractivity contribution in [1.29, 1.82) is 0 Å². The van der Waals surface area contributed by atoms with E-state index in [1.807, 2.05) is 20.8 Å². The van der Waals surface area contributed by atoms with Crippen LogP contribution in [0.4, 0.5) is 10.1 Å². The first-order valence-electron chi connectivity index (χ1n) is 6.81. The SMILES string of the molecule is CNC(=O)c1cc(OCCO)c(NCC(C)(C)C)cc1F. The summed E-state index contributed by atoms with van der Waals surface area (Å²) in [5.74, 6) is -0.806. The van der Waals surface area contributed by atoms with Gasteiger partial charge in [0.05, 0.1) is 17.9 Å². The fourth-order valence-corrected chi connectivity index (χ4v) is 1.64. The predicted molar refractivity (Wildman–Crippen MR) is 80.3 cm³/mol. The van der Waals surface area contributed by atoms with Crippen LogP contribution in [0.25, 0.3) is 0 Å². The van der Waals surface area contributed by atoms with Crippen molar-refractivity contribution in [2.24, 2.45) is 5.41 Å². The monoisotopic (exact) mass is 298 g/mol. The zero-order valence-electron chi connectivity index (χ0n) is 12.9. The molecule has 0 unspecified atom stereocenters. The van der Waals surface area contributed by atoms with Gasteiger partial charge in [0.1, 0.15) is 18.2 Å². The van der Waals surface area contributed by atoms with Crippen molar-refractivity contribution in [1.82, 2.24) is 5.32 Å². The fourth-order valence-electron chi connectivity index (χ4n) is 1.64. The van der Waals surface area contributed by atoms with Crippen molar-refractivity contribution in [2.45, 2.75) is 20.8 Å². The molecule has 1 aromatic carbocycles. The first-order valence-corrected chi connectivity index (χ1v) is 6.81. The molecule has 5 nitrogen and oxygen atoms in total. The van der Waals surface area contributed by atoms with Crippen molar-refractivity contribution >= 4 is 11.6 Å². The lowest BCUT2D eigenvalue weighted by Crippen LogP contribution is -2.22. The van der Waals surface area contributed by atoms with Crippen LogP contribution in [-0.2, 0) is 0 Å². The number of rotatable bonds is 6. The smallest absolute Gasteiger partial charge is 0.254 e. The van der Waals surface area contributed by atoms with Crippen LogP contribution in [-0.4, -0.2) is 37.8 Å². The highest BCUT2D eigenvalue weighted by Crippen LogP contribution is 2.29. The zero-order chi connectivity index (χ0) is 16.0. The van der Waals surface area contributed by atoms with E-state index in [0.717, 1.165) is 0 Å². The standard InChI is InChI=1S/C15H23FN2O3/c1-15(2,3)9-18-12-8-11(16)10(14(20)17-4)7-13(12)21-6-5-19/h7-8,18-19H,5-6,9H2,1-4H3,(H,17,20). The molecule has 0 fully saturated rings. The van der Waals surface area contributed by atoms with E-state index in [0.29, 0.717) is 18.0 Å². The van der Waals surface area contributed by atoms with E-state index in [2.05, 4.69) is 10.6 Å². The van der Waals surface area contributed by atoms with Crippen LogP contribution in [0.2, 0.25) is 0 Å². The predicted octanol–water partition coefficient (Wildman–Crippen LogP) is 2.01. The van der Waals surface area contributed by atoms with E-state index in [1.165, 1.54) is 19.2 Å². The van der Waals surface area contributed by atoms with Gasteiger partial charge in [0.2, 0.25) is 0 Å². The highest BCUT2D eigenvalue weighted by molar-refractivity contribution is 5.95. The van der Waals surface area contributed by atoms with Gasteiger partial charge in [-0.05, 0) is 11.5 Å². The maximum atomic E-state index is 14.0. The summed E-state index contributed by atoms with van der Waals surface area (Å²) in [6, 6.07) is 2.58. The maximum absolute atomic E-state index is 14.0. The lowest BCUT2D eigenvalue weighted by molar-refractivity contribution is 0.0958. The van der Waals surface area contributed by atoms with Crippen molar-refractivity contribution in [3.8, 4) is 5.75 Å². The summed E-state index contributed by atoms with van der Waals surface area (Å²) < 4.78 is 19.4. The Morgan fingerprint density at radius 3 is 2.57 bits per heavy atom. The molecule has 6 heteroatoms. The molecule has 3 N–H and O–H groups in total. The van der Waals surface area contributed by atoms with E-state index < -0.39 is 11.7 Å². The normalized spacial score (nSPS) is 11.1. The van der Waals surface area contributed by atoms with Gasteiger partial charge in [-0.1, -0.05) is 20.8 Å². The Labute approximate surface area is 124 Å². The van der Waals surface area contributed by atoms with E-state index in [1.54, 1.807) is 0 Å². The number of aliphatic hydroxyl groups excluding tert-OH is 1. The lowest BCUT2D eigenvalue weighted by Gasteiger charge is -2.21. The van der Waals surface area contributed by atoms with Crippen molar-refractivity contribution in [2.75, 3.05) is 32.1 Å². The highest BCUT2D eigenvalue weighted by Gasteiger charge is 2.17. The molecular formula is C15H23FN2O3. The largest absolute Gasteiger partial charge is 0.489 e. The number of amides is 1. The molecule has 0 aliphatic rings. The van der Waals surface area contributed by atoms with Crippen LogP contribution in [0.15, 0.2) is 12.1 Å². The quantitative estimate of drug-likeness (QED) is 0.751. The molecule has 0 aliphatic heterocycles. The second kappa shape index (κ2) is 7.26. The number of hydrogen-bond acceptors (Lipinski definition) is 4. The van der Waals surface area contributed by atoms with Gasteiger partial charge < -0.3 is 20.5 Å². The third kappa shape index (κ3) is 5.23. The van der Waals surface area contributed by atoms with Crippen molar-refractivity contribution in [3.63, 3.8) is 0 Å². The first-order chi connectivity index (χ1) is 9.78. The molecule has 1 aromatic rings. The van der Waals surface area contributed by atoms with Crippen LogP contribution in [0.5, 0.6) is 5.75 Å². The molecule has 0 heterocycles. The summed E-state index contributed by atoms with van der Waals surface area (Å²) in [4.78, 5) is 11.6. The lowest BCUT2D eigenvalue weighted by atomic mass is 9.97. The second-order valence-electron chi connectivity index (χ2n) is 5.89. The van der Waals surface area contributed by atoms with E-state index in [9.17, 15) is 9.18 Å². The van der Waals surface area contributed by atoms with Crippen LogP contribution >= 0.6 is 0 Å². The van der Waals surface area contributed by atoms with E-state index in [-0.39, 0.29) is 24.2 Å². The summed E-state index contributed by atoms with van der Waals surface area (Å²) in [6.07, 6.45) is 0. The van der Waals surface area contributed by atoms with Gasteiger partial charge in [-0.15, -0.1) is 0 Å².